The first-order valence-electron chi connectivity index (χ1n) is 10.0. The molecule has 7 rings (SSSR count). The van der Waals surface area contributed by atoms with Crippen molar-refractivity contribution >= 4 is 17.6 Å². The fourth-order valence-electron chi connectivity index (χ4n) is 5.56. The highest BCUT2D eigenvalue weighted by Crippen LogP contribution is 2.91. The van der Waals surface area contributed by atoms with E-state index in [0.29, 0.717) is 18.0 Å². The Bertz CT molecular complexity index is 1210. The molecule has 150 valence electrons. The molecule has 1 aromatic carbocycles. The van der Waals surface area contributed by atoms with E-state index in [1.165, 1.54) is 0 Å². The molecule has 0 spiro atoms. The van der Waals surface area contributed by atoms with Crippen molar-refractivity contribution < 1.29 is 14.1 Å². The number of nitrogens with zero attached hydrogens (tertiary/aromatic N) is 3. The molecule has 2 aliphatic carbocycles. The summed E-state index contributed by atoms with van der Waals surface area (Å²) < 4.78 is 5.36. The van der Waals surface area contributed by atoms with Crippen LogP contribution in [-0.4, -0.2) is 34.5 Å². The van der Waals surface area contributed by atoms with Gasteiger partial charge in [-0.25, -0.2) is 4.98 Å². The highest BCUT2D eigenvalue weighted by Gasteiger charge is 2.98. The van der Waals surface area contributed by atoms with E-state index < -0.39 is 5.54 Å². The third kappa shape index (κ3) is 1.99. The number of rotatable bonds is 4. The fraction of sp³-hybridized carbons (Fsp3) is 0.304. The number of fused-ring (bicyclic) bond motifs is 1. The zero-order valence-corrected chi connectivity index (χ0v) is 16.6. The molecule has 2 bridgehead atoms. The van der Waals surface area contributed by atoms with Crippen LogP contribution in [0.4, 0.5) is 5.82 Å². The summed E-state index contributed by atoms with van der Waals surface area (Å²) in [5, 5.41) is 6.95. The lowest BCUT2D eigenvalue weighted by Crippen LogP contribution is -2.56. The van der Waals surface area contributed by atoms with Gasteiger partial charge in [-0.2, -0.15) is 0 Å². The molecule has 0 saturated heterocycles. The van der Waals surface area contributed by atoms with Gasteiger partial charge >= 0.3 is 0 Å². The van der Waals surface area contributed by atoms with Gasteiger partial charge in [0.1, 0.15) is 17.1 Å². The summed E-state index contributed by atoms with van der Waals surface area (Å²) >= 11 is 0. The van der Waals surface area contributed by atoms with Gasteiger partial charge in [0.05, 0.1) is 0 Å². The number of hydrogen-bond acceptors (Lipinski definition) is 5. The summed E-state index contributed by atoms with van der Waals surface area (Å²) in [5.41, 5.74) is 1.16. The third-order valence-electron chi connectivity index (χ3n) is 7.18. The average Bonchev–Trinajstić information content (AvgIpc) is 3.45. The molecule has 30 heavy (non-hydrogen) atoms. The highest BCUT2D eigenvalue weighted by molar-refractivity contribution is 6.11. The molecule has 2 saturated carbocycles. The van der Waals surface area contributed by atoms with E-state index in [1.807, 2.05) is 42.5 Å². The fourth-order valence-corrected chi connectivity index (χ4v) is 5.56. The minimum absolute atomic E-state index is 0.0880. The van der Waals surface area contributed by atoms with Gasteiger partial charge in [-0.1, -0.05) is 48.5 Å². The first kappa shape index (κ1) is 17.4. The lowest BCUT2D eigenvalue weighted by Gasteiger charge is -2.28. The number of likely N-dealkylation sites (N-methyl/N-ethyl adjacent to an activating group) is 1. The van der Waals surface area contributed by atoms with Crippen LogP contribution >= 0.6 is 0 Å². The molecule has 4 aliphatic rings. The molecule has 4 unspecified atom stereocenters. The van der Waals surface area contributed by atoms with Crippen molar-refractivity contribution in [3.8, 4) is 0 Å². The largest absolute Gasteiger partial charge is 0.360 e. The number of anilines is 1. The van der Waals surface area contributed by atoms with Crippen LogP contribution in [0.2, 0.25) is 0 Å². The number of pyridine rings is 1. The lowest BCUT2D eigenvalue weighted by molar-refractivity contribution is -0.123. The maximum absolute atomic E-state index is 13.3. The van der Waals surface area contributed by atoms with Crippen molar-refractivity contribution in [3.63, 3.8) is 0 Å². The molecule has 2 fully saturated rings. The Morgan fingerprint density at radius 1 is 1.23 bits per heavy atom. The van der Waals surface area contributed by atoms with Crippen LogP contribution in [0.25, 0.3) is 0 Å². The van der Waals surface area contributed by atoms with Gasteiger partial charge in [0.2, 0.25) is 0 Å². The van der Waals surface area contributed by atoms with Crippen LogP contribution < -0.4 is 10.2 Å². The first-order chi connectivity index (χ1) is 14.5. The predicted molar refractivity (Wildman–Crippen MR) is 108 cm³/mol. The van der Waals surface area contributed by atoms with Crippen LogP contribution in [0.15, 0.2) is 59.3 Å². The molecule has 7 heteroatoms. The van der Waals surface area contributed by atoms with E-state index >= 15 is 0 Å². The number of benzene rings is 1. The van der Waals surface area contributed by atoms with Crippen molar-refractivity contribution in [2.24, 2.45) is 11.3 Å². The van der Waals surface area contributed by atoms with E-state index in [1.54, 1.807) is 24.2 Å². The topological polar surface area (TPSA) is 88.3 Å². The zero-order chi connectivity index (χ0) is 20.7. The quantitative estimate of drug-likeness (QED) is 0.727. The number of aromatic nitrogens is 2. The van der Waals surface area contributed by atoms with Gasteiger partial charge in [-0.3, -0.25) is 14.5 Å². The van der Waals surface area contributed by atoms with Gasteiger partial charge in [0.15, 0.2) is 5.69 Å². The number of carbonyl (C=O) groups is 2. The Morgan fingerprint density at radius 2 is 2.00 bits per heavy atom. The third-order valence-corrected chi connectivity index (χ3v) is 7.18. The van der Waals surface area contributed by atoms with Crippen LogP contribution in [0.1, 0.15) is 40.2 Å². The number of hydrogen-bond donors (Lipinski definition) is 1. The standard InChI is InChI=1S/C23H20N4O3/c1-22-17-15-9-6-10-24-19(15)27(2)21(29)23(22,18(17)22)25-20(28)16-12-14(30-26-16)11-13-7-4-3-5-8-13/h3-10,12,17-18H,11H2,1-2H3,(H,25,28). The van der Waals surface area contributed by atoms with Gasteiger partial charge < -0.3 is 9.84 Å². The summed E-state index contributed by atoms with van der Waals surface area (Å²) in [6, 6.07) is 15.4. The average molecular weight is 400 g/mol. The lowest BCUT2D eigenvalue weighted by atomic mass is 9.86. The second kappa shape index (κ2) is 5.56. The highest BCUT2D eigenvalue weighted by atomic mass is 16.5. The van der Waals surface area contributed by atoms with Crippen molar-refractivity contribution in [2.75, 3.05) is 11.9 Å². The molecule has 0 radical (unpaired) electrons. The Balaban J connectivity index is 1.25. The van der Waals surface area contributed by atoms with E-state index in [9.17, 15) is 9.59 Å². The Labute approximate surface area is 173 Å². The molecule has 7 nitrogen and oxygen atoms in total. The van der Waals surface area contributed by atoms with Crippen molar-refractivity contribution in [1.82, 2.24) is 15.5 Å². The van der Waals surface area contributed by atoms with Crippen molar-refractivity contribution in [3.05, 3.63) is 77.3 Å². The van der Waals surface area contributed by atoms with Crippen LogP contribution in [-0.2, 0) is 11.2 Å². The second-order valence-corrected chi connectivity index (χ2v) is 8.62. The van der Waals surface area contributed by atoms with Crippen LogP contribution in [0.5, 0.6) is 0 Å². The predicted octanol–water partition coefficient (Wildman–Crippen LogP) is 2.54. The van der Waals surface area contributed by atoms with E-state index in [4.69, 9.17) is 4.52 Å². The zero-order valence-electron chi connectivity index (χ0n) is 16.6. The number of carbonyl (C=O) groups excluding carboxylic acids is 2. The van der Waals surface area contributed by atoms with Gasteiger partial charge in [0, 0.05) is 43.0 Å². The van der Waals surface area contributed by atoms with Gasteiger partial charge in [0.25, 0.3) is 11.8 Å². The Kier molecular flexibility index (Phi) is 3.22. The maximum Gasteiger partial charge on any atom is 0.274 e. The van der Waals surface area contributed by atoms with Crippen molar-refractivity contribution in [2.45, 2.75) is 24.8 Å². The molecule has 4 heterocycles. The molecule has 2 aliphatic heterocycles. The summed E-state index contributed by atoms with van der Waals surface area (Å²) in [6.07, 6.45) is 2.25. The van der Waals surface area contributed by atoms with Gasteiger partial charge in [-0.05, 0) is 17.2 Å². The summed E-state index contributed by atoms with van der Waals surface area (Å²) in [5.74, 6) is 1.11. The summed E-state index contributed by atoms with van der Waals surface area (Å²) in [7, 11) is 1.72. The normalized spacial score (nSPS) is 30.2. The number of nitrogens with one attached hydrogen (secondary N) is 1. The molecule has 3 aromatic rings. The molecule has 2 amide bonds. The second-order valence-electron chi connectivity index (χ2n) is 8.62. The van der Waals surface area contributed by atoms with E-state index in [0.717, 1.165) is 11.1 Å². The van der Waals surface area contributed by atoms with E-state index in [2.05, 4.69) is 22.4 Å². The molecule has 2 aromatic heterocycles. The minimum atomic E-state index is -0.900. The minimum Gasteiger partial charge on any atom is -0.360 e. The van der Waals surface area contributed by atoms with Crippen LogP contribution in [0.3, 0.4) is 0 Å². The molecule has 4 atom stereocenters. The smallest absolute Gasteiger partial charge is 0.274 e. The molecule has 1 N–H and O–H groups in total. The first-order valence-corrected chi connectivity index (χ1v) is 10.0. The SMILES string of the molecule is CN1C(=O)C2(NC(=O)c3cc(Cc4ccccc4)on3)C3C(c4cccnc41)C32C. The van der Waals surface area contributed by atoms with E-state index in [-0.39, 0.29) is 34.8 Å². The summed E-state index contributed by atoms with van der Waals surface area (Å²) in [6.45, 7) is 2.07. The number of amides is 2. The molecular weight excluding hydrogens is 380 g/mol. The van der Waals surface area contributed by atoms with Crippen LogP contribution in [0, 0.1) is 11.3 Å². The van der Waals surface area contributed by atoms with Crippen molar-refractivity contribution in [1.29, 1.82) is 0 Å². The summed E-state index contributed by atoms with van der Waals surface area (Å²) in [4.78, 5) is 32.3. The maximum atomic E-state index is 13.3. The Hall–Kier alpha value is -3.48. The van der Waals surface area contributed by atoms with Gasteiger partial charge in [-0.15, -0.1) is 0 Å². The monoisotopic (exact) mass is 400 g/mol. The molecular formula is C23H20N4O3. The Morgan fingerprint density at radius 3 is 2.77 bits per heavy atom.